The van der Waals surface area contributed by atoms with Gasteiger partial charge in [0.15, 0.2) is 5.82 Å². The van der Waals surface area contributed by atoms with Crippen molar-refractivity contribution in [2.75, 3.05) is 7.05 Å². The van der Waals surface area contributed by atoms with E-state index in [0.29, 0.717) is 6.04 Å². The van der Waals surface area contributed by atoms with E-state index in [1.807, 2.05) is 13.1 Å². The van der Waals surface area contributed by atoms with Crippen LogP contribution in [0.15, 0.2) is 34.9 Å². The minimum atomic E-state index is 0.0116. The van der Waals surface area contributed by atoms with Crippen molar-refractivity contribution < 1.29 is 4.52 Å². The lowest BCUT2D eigenvalue weighted by atomic mass is 9.95. The zero-order valence-corrected chi connectivity index (χ0v) is 12.4. The molecule has 2 saturated carbocycles. The second kappa shape index (κ2) is 4.95. The van der Waals surface area contributed by atoms with Crippen LogP contribution in [0.4, 0.5) is 0 Å². The molecule has 1 atom stereocenters. The maximum Gasteiger partial charge on any atom is 0.228 e. The number of nitrogens with one attached hydrogen (secondary N) is 1. The Balaban J connectivity index is 1.54. The van der Waals surface area contributed by atoms with Gasteiger partial charge < -0.3 is 9.84 Å². The fourth-order valence-corrected chi connectivity index (χ4v) is 3.25. The highest BCUT2D eigenvalue weighted by molar-refractivity contribution is 5.38. The zero-order valence-electron chi connectivity index (χ0n) is 12.4. The van der Waals surface area contributed by atoms with Crippen LogP contribution in [0.2, 0.25) is 0 Å². The second-order valence-electron chi connectivity index (χ2n) is 6.40. The highest BCUT2D eigenvalue weighted by Crippen LogP contribution is 2.52. The number of likely N-dealkylation sites (N-methyl/N-ethyl adjacent to an activating group) is 1. The van der Waals surface area contributed by atoms with Crippen molar-refractivity contribution in [3.05, 3.63) is 47.6 Å². The van der Waals surface area contributed by atoms with Gasteiger partial charge in [0.2, 0.25) is 5.89 Å². The van der Waals surface area contributed by atoms with Gasteiger partial charge >= 0.3 is 0 Å². The van der Waals surface area contributed by atoms with Gasteiger partial charge in [-0.3, -0.25) is 0 Å². The molecular formula is C17H21N3O. The van der Waals surface area contributed by atoms with Crippen molar-refractivity contribution in [3.63, 3.8) is 0 Å². The van der Waals surface area contributed by atoms with Gasteiger partial charge in [-0.05, 0) is 44.2 Å². The molecule has 2 fully saturated rings. The highest BCUT2D eigenvalue weighted by atomic mass is 16.5. The SMILES string of the molecule is CNC(Cc1nc(C2(c3ccccc3)CC2)no1)C1CC1. The van der Waals surface area contributed by atoms with Gasteiger partial charge in [0, 0.05) is 12.5 Å². The van der Waals surface area contributed by atoms with E-state index in [-0.39, 0.29) is 5.41 Å². The Morgan fingerprint density at radius 3 is 2.67 bits per heavy atom. The van der Waals surface area contributed by atoms with E-state index in [1.165, 1.54) is 18.4 Å². The van der Waals surface area contributed by atoms with Crippen LogP contribution in [0.5, 0.6) is 0 Å². The van der Waals surface area contributed by atoms with Crippen molar-refractivity contribution in [2.24, 2.45) is 5.92 Å². The number of hydrogen-bond donors (Lipinski definition) is 1. The summed E-state index contributed by atoms with van der Waals surface area (Å²) < 4.78 is 5.52. The first-order chi connectivity index (χ1) is 10.3. The predicted molar refractivity (Wildman–Crippen MR) is 80.0 cm³/mol. The molecular weight excluding hydrogens is 262 g/mol. The molecule has 1 unspecified atom stereocenters. The van der Waals surface area contributed by atoms with E-state index in [4.69, 9.17) is 9.51 Å². The molecule has 1 aromatic carbocycles. The van der Waals surface area contributed by atoms with Crippen LogP contribution in [-0.2, 0) is 11.8 Å². The first-order valence-corrected chi connectivity index (χ1v) is 7.88. The summed E-state index contributed by atoms with van der Waals surface area (Å²) in [5, 5.41) is 7.66. The molecule has 1 heterocycles. The molecule has 4 nitrogen and oxygen atoms in total. The van der Waals surface area contributed by atoms with Crippen LogP contribution in [0.3, 0.4) is 0 Å². The average molecular weight is 283 g/mol. The van der Waals surface area contributed by atoms with E-state index >= 15 is 0 Å². The van der Waals surface area contributed by atoms with Crippen LogP contribution in [0, 0.1) is 5.92 Å². The smallest absolute Gasteiger partial charge is 0.228 e. The van der Waals surface area contributed by atoms with Crippen molar-refractivity contribution in [1.82, 2.24) is 15.5 Å². The van der Waals surface area contributed by atoms with Crippen molar-refractivity contribution in [1.29, 1.82) is 0 Å². The fourth-order valence-electron chi connectivity index (χ4n) is 3.25. The minimum Gasteiger partial charge on any atom is -0.339 e. The Morgan fingerprint density at radius 2 is 2.05 bits per heavy atom. The van der Waals surface area contributed by atoms with Crippen LogP contribution in [0.25, 0.3) is 0 Å². The number of hydrogen-bond acceptors (Lipinski definition) is 4. The second-order valence-corrected chi connectivity index (χ2v) is 6.40. The minimum absolute atomic E-state index is 0.0116. The van der Waals surface area contributed by atoms with E-state index < -0.39 is 0 Å². The lowest BCUT2D eigenvalue weighted by Gasteiger charge is -2.12. The Bertz CT molecular complexity index is 614. The van der Waals surface area contributed by atoms with Gasteiger partial charge in [-0.25, -0.2) is 0 Å². The molecule has 0 aliphatic heterocycles. The maximum atomic E-state index is 5.52. The number of nitrogens with zero attached hydrogens (tertiary/aromatic N) is 2. The molecule has 110 valence electrons. The third-order valence-electron chi connectivity index (χ3n) is 4.93. The monoisotopic (exact) mass is 283 g/mol. The summed E-state index contributed by atoms with van der Waals surface area (Å²) in [5.74, 6) is 2.43. The highest BCUT2D eigenvalue weighted by Gasteiger charge is 2.50. The standard InChI is InChI=1S/C17H21N3O/c1-18-14(12-7-8-12)11-15-19-16(20-21-15)17(9-10-17)13-5-3-2-4-6-13/h2-6,12,14,18H,7-11H2,1H3. The first kappa shape index (κ1) is 13.0. The maximum absolute atomic E-state index is 5.52. The lowest BCUT2D eigenvalue weighted by molar-refractivity contribution is 0.347. The molecule has 2 aliphatic rings. The average Bonchev–Trinajstić information content (AvgIpc) is 3.45. The molecule has 0 amide bonds. The van der Waals surface area contributed by atoms with Gasteiger partial charge in [-0.15, -0.1) is 0 Å². The lowest BCUT2D eigenvalue weighted by Crippen LogP contribution is -2.29. The molecule has 1 aromatic heterocycles. The molecule has 4 rings (SSSR count). The molecule has 1 N–H and O–H groups in total. The van der Waals surface area contributed by atoms with Crippen molar-refractivity contribution in [2.45, 2.75) is 43.6 Å². The Kier molecular flexibility index (Phi) is 3.07. The first-order valence-electron chi connectivity index (χ1n) is 7.88. The van der Waals surface area contributed by atoms with Gasteiger partial charge in [0.25, 0.3) is 0 Å². The summed E-state index contributed by atoms with van der Waals surface area (Å²) in [7, 11) is 2.02. The van der Waals surface area contributed by atoms with E-state index in [2.05, 4.69) is 34.7 Å². The third kappa shape index (κ3) is 2.38. The van der Waals surface area contributed by atoms with Gasteiger partial charge in [0.1, 0.15) is 0 Å². The van der Waals surface area contributed by atoms with Gasteiger partial charge in [-0.1, -0.05) is 35.5 Å². The summed E-state index contributed by atoms with van der Waals surface area (Å²) in [6.45, 7) is 0. The molecule has 0 spiro atoms. The van der Waals surface area contributed by atoms with E-state index in [0.717, 1.165) is 36.9 Å². The summed E-state index contributed by atoms with van der Waals surface area (Å²) in [6, 6.07) is 11.0. The Labute approximate surface area is 124 Å². The van der Waals surface area contributed by atoms with Crippen LogP contribution in [-0.4, -0.2) is 23.2 Å². The normalized spacial score (nSPS) is 21.2. The van der Waals surface area contributed by atoms with E-state index in [1.54, 1.807) is 0 Å². The van der Waals surface area contributed by atoms with Crippen LogP contribution < -0.4 is 5.32 Å². The molecule has 21 heavy (non-hydrogen) atoms. The summed E-state index contributed by atoms with van der Waals surface area (Å²) >= 11 is 0. The van der Waals surface area contributed by atoms with Crippen LogP contribution >= 0.6 is 0 Å². The zero-order chi connectivity index (χ0) is 14.3. The summed E-state index contributed by atoms with van der Waals surface area (Å²) in [6.07, 6.45) is 5.72. The Hall–Kier alpha value is -1.68. The van der Waals surface area contributed by atoms with Gasteiger partial charge in [-0.2, -0.15) is 4.98 Å². The fraction of sp³-hybridized carbons (Fsp3) is 0.529. The van der Waals surface area contributed by atoms with E-state index in [9.17, 15) is 0 Å². The third-order valence-corrected chi connectivity index (χ3v) is 4.93. The molecule has 2 aromatic rings. The summed E-state index contributed by atoms with van der Waals surface area (Å²) in [5.41, 5.74) is 1.32. The van der Waals surface area contributed by atoms with Crippen molar-refractivity contribution in [3.8, 4) is 0 Å². The van der Waals surface area contributed by atoms with Gasteiger partial charge in [0.05, 0.1) is 5.41 Å². The predicted octanol–water partition coefficient (Wildman–Crippen LogP) is 2.69. The topological polar surface area (TPSA) is 51.0 Å². The molecule has 0 bridgehead atoms. The number of benzene rings is 1. The van der Waals surface area contributed by atoms with Crippen molar-refractivity contribution >= 4 is 0 Å². The summed E-state index contributed by atoms with van der Waals surface area (Å²) in [4.78, 5) is 4.70. The quantitative estimate of drug-likeness (QED) is 0.885. The Morgan fingerprint density at radius 1 is 1.29 bits per heavy atom. The molecule has 0 radical (unpaired) electrons. The molecule has 0 saturated heterocycles. The number of aromatic nitrogens is 2. The molecule has 4 heteroatoms. The van der Waals surface area contributed by atoms with Crippen LogP contribution in [0.1, 0.15) is 43.0 Å². The largest absolute Gasteiger partial charge is 0.339 e. The molecule has 2 aliphatic carbocycles. The number of rotatable bonds is 6.